The molecule has 1 atom stereocenters. The fourth-order valence-corrected chi connectivity index (χ4v) is 3.34. The van der Waals surface area contributed by atoms with E-state index in [1.54, 1.807) is 12.1 Å². The Balaban J connectivity index is 2.26. The van der Waals surface area contributed by atoms with Crippen LogP contribution in [0.5, 0.6) is 5.75 Å². The number of halogens is 3. The fraction of sp³-hybridized carbons (Fsp3) is 0.250. The molecule has 1 unspecified atom stereocenters. The van der Waals surface area contributed by atoms with Gasteiger partial charge in [0.25, 0.3) is 0 Å². The average molecular weight is 435 g/mol. The predicted octanol–water partition coefficient (Wildman–Crippen LogP) is 5.74. The van der Waals surface area contributed by atoms with Gasteiger partial charge in [-0.25, -0.2) is 0 Å². The van der Waals surface area contributed by atoms with Gasteiger partial charge in [-0.2, -0.15) is 0 Å². The van der Waals surface area contributed by atoms with Crippen LogP contribution in [-0.2, 0) is 0 Å². The average Bonchev–Trinajstić information content (AvgIpc) is 2.44. The molecule has 0 amide bonds. The van der Waals surface area contributed by atoms with Gasteiger partial charge >= 0.3 is 0 Å². The Kier molecular flexibility index (Phi) is 6.11. The first-order valence-electron chi connectivity index (χ1n) is 6.57. The van der Waals surface area contributed by atoms with Crippen LogP contribution in [0.4, 0.5) is 0 Å². The molecule has 0 radical (unpaired) electrons. The van der Waals surface area contributed by atoms with Gasteiger partial charge in [0.05, 0.1) is 11.1 Å². The molecule has 0 aliphatic carbocycles. The molecule has 0 fully saturated rings. The van der Waals surface area contributed by atoms with Gasteiger partial charge in [-0.1, -0.05) is 40.5 Å². The summed E-state index contributed by atoms with van der Waals surface area (Å²) >= 11 is 12.9. The Hall–Kier alpha value is -0.550. The van der Waals surface area contributed by atoms with E-state index < -0.39 is 6.10 Å². The zero-order chi connectivity index (χ0) is 15.4. The lowest BCUT2D eigenvalue weighted by atomic mass is 10.0. The van der Waals surface area contributed by atoms with Gasteiger partial charge in [0.1, 0.15) is 11.9 Å². The van der Waals surface area contributed by atoms with Crippen molar-refractivity contribution >= 4 is 43.5 Å². The second-order valence-corrected chi connectivity index (χ2v) is 6.85. The Morgan fingerprint density at radius 2 is 1.90 bits per heavy atom. The number of aliphatic hydroxyl groups excluding tert-OH is 1. The molecule has 21 heavy (non-hydrogen) atoms. The number of aliphatic hydroxyl groups is 1. The van der Waals surface area contributed by atoms with E-state index in [0.717, 1.165) is 32.2 Å². The van der Waals surface area contributed by atoms with Crippen molar-refractivity contribution in [1.29, 1.82) is 0 Å². The molecule has 0 aliphatic rings. The van der Waals surface area contributed by atoms with Crippen LogP contribution in [0.3, 0.4) is 0 Å². The third-order valence-electron chi connectivity index (χ3n) is 2.93. The van der Waals surface area contributed by atoms with Crippen LogP contribution in [-0.4, -0.2) is 11.7 Å². The highest BCUT2D eigenvalue weighted by Gasteiger charge is 2.14. The molecular weight excluding hydrogens is 419 g/mol. The van der Waals surface area contributed by atoms with Crippen molar-refractivity contribution in [3.05, 3.63) is 61.5 Å². The van der Waals surface area contributed by atoms with E-state index in [-0.39, 0.29) is 0 Å². The van der Waals surface area contributed by atoms with Crippen molar-refractivity contribution in [2.24, 2.45) is 0 Å². The Morgan fingerprint density at radius 1 is 1.14 bits per heavy atom. The maximum atomic E-state index is 10.5. The Morgan fingerprint density at radius 3 is 2.52 bits per heavy atom. The molecule has 112 valence electrons. The van der Waals surface area contributed by atoms with E-state index in [1.165, 1.54) is 0 Å². The lowest BCUT2D eigenvalue weighted by Gasteiger charge is -2.14. The number of benzene rings is 2. The molecule has 0 aliphatic heterocycles. The summed E-state index contributed by atoms with van der Waals surface area (Å²) in [6, 6.07) is 11.0. The largest absolute Gasteiger partial charge is 0.492 e. The van der Waals surface area contributed by atoms with E-state index in [4.69, 9.17) is 16.3 Å². The molecule has 0 spiro atoms. The summed E-state index contributed by atoms with van der Waals surface area (Å²) in [6.07, 6.45) is 0.212. The van der Waals surface area contributed by atoms with E-state index in [0.29, 0.717) is 11.6 Å². The molecule has 0 saturated heterocycles. The summed E-state index contributed by atoms with van der Waals surface area (Å²) in [7, 11) is 0. The number of hydrogen-bond acceptors (Lipinski definition) is 2. The molecular formula is C16H15Br2ClO2. The van der Waals surface area contributed by atoms with E-state index >= 15 is 0 Å². The number of hydrogen-bond donors (Lipinski definition) is 1. The third kappa shape index (κ3) is 4.46. The molecule has 0 aromatic heterocycles. The van der Waals surface area contributed by atoms with Gasteiger partial charge in [0, 0.05) is 9.50 Å². The van der Waals surface area contributed by atoms with E-state index in [2.05, 4.69) is 38.8 Å². The summed E-state index contributed by atoms with van der Waals surface area (Å²) in [5.74, 6) is 0.778. The first-order valence-corrected chi connectivity index (χ1v) is 8.54. The van der Waals surface area contributed by atoms with Crippen LogP contribution in [0.2, 0.25) is 5.02 Å². The first-order chi connectivity index (χ1) is 10.0. The highest BCUT2D eigenvalue weighted by Crippen LogP contribution is 2.32. The van der Waals surface area contributed by atoms with Crippen molar-refractivity contribution in [2.75, 3.05) is 6.61 Å². The van der Waals surface area contributed by atoms with Crippen LogP contribution in [0.1, 0.15) is 30.6 Å². The van der Waals surface area contributed by atoms with Crippen LogP contribution in [0, 0.1) is 0 Å². The van der Waals surface area contributed by atoms with Crippen molar-refractivity contribution in [2.45, 2.75) is 19.4 Å². The zero-order valence-electron chi connectivity index (χ0n) is 11.4. The van der Waals surface area contributed by atoms with Crippen LogP contribution in [0.25, 0.3) is 0 Å². The topological polar surface area (TPSA) is 29.5 Å². The second-order valence-electron chi connectivity index (χ2n) is 4.64. The first kappa shape index (κ1) is 16.8. The van der Waals surface area contributed by atoms with Gasteiger partial charge in [-0.15, -0.1) is 0 Å². The maximum Gasteiger partial charge on any atom is 0.133 e. The van der Waals surface area contributed by atoms with Gasteiger partial charge < -0.3 is 9.84 Å². The number of rotatable bonds is 5. The highest BCUT2D eigenvalue weighted by atomic mass is 79.9. The Labute approximate surface area is 146 Å². The van der Waals surface area contributed by atoms with Gasteiger partial charge in [-0.3, -0.25) is 0 Å². The lowest BCUT2D eigenvalue weighted by molar-refractivity contribution is 0.220. The fourth-order valence-electron chi connectivity index (χ4n) is 1.94. The highest BCUT2D eigenvalue weighted by molar-refractivity contribution is 9.10. The molecule has 0 bridgehead atoms. The summed E-state index contributed by atoms with van der Waals surface area (Å²) in [5.41, 5.74) is 1.52. The van der Waals surface area contributed by atoms with Crippen molar-refractivity contribution in [3.8, 4) is 5.75 Å². The minimum absolute atomic E-state index is 0.584. The molecule has 0 heterocycles. The van der Waals surface area contributed by atoms with E-state index in [1.807, 2.05) is 24.3 Å². The van der Waals surface area contributed by atoms with Gasteiger partial charge in [-0.05, 0) is 63.8 Å². The van der Waals surface area contributed by atoms with Crippen LogP contribution < -0.4 is 4.74 Å². The summed E-state index contributed by atoms with van der Waals surface area (Å²) in [5, 5.41) is 11.1. The molecule has 1 N–H and O–H groups in total. The summed E-state index contributed by atoms with van der Waals surface area (Å²) in [4.78, 5) is 0. The van der Waals surface area contributed by atoms with Crippen LogP contribution in [0.15, 0.2) is 45.3 Å². The van der Waals surface area contributed by atoms with Gasteiger partial charge in [0.2, 0.25) is 0 Å². The quantitative estimate of drug-likeness (QED) is 0.651. The SMILES string of the molecule is CCCOc1ccc(C(O)c2cc(Cl)cc(Br)c2)cc1Br. The monoisotopic (exact) mass is 432 g/mol. The molecule has 0 saturated carbocycles. The minimum Gasteiger partial charge on any atom is -0.492 e. The molecule has 2 aromatic carbocycles. The second kappa shape index (κ2) is 7.63. The number of ether oxygens (including phenoxy) is 1. The van der Waals surface area contributed by atoms with Crippen molar-refractivity contribution < 1.29 is 9.84 Å². The maximum absolute atomic E-state index is 10.5. The standard InChI is InChI=1S/C16H15Br2ClO2/c1-2-5-21-15-4-3-10(8-14(15)18)16(20)11-6-12(17)9-13(19)7-11/h3-4,6-9,16,20H,2,5H2,1H3. The molecule has 2 aromatic rings. The normalized spacial score (nSPS) is 12.2. The predicted molar refractivity (Wildman–Crippen MR) is 93.1 cm³/mol. The van der Waals surface area contributed by atoms with Gasteiger partial charge in [0.15, 0.2) is 0 Å². The smallest absolute Gasteiger partial charge is 0.133 e. The van der Waals surface area contributed by atoms with Crippen molar-refractivity contribution in [1.82, 2.24) is 0 Å². The molecule has 2 nitrogen and oxygen atoms in total. The lowest BCUT2D eigenvalue weighted by Crippen LogP contribution is -2.01. The minimum atomic E-state index is -0.739. The summed E-state index contributed by atoms with van der Waals surface area (Å²) < 4.78 is 7.27. The molecule has 5 heteroatoms. The third-order valence-corrected chi connectivity index (χ3v) is 4.23. The molecule has 2 rings (SSSR count). The summed E-state index contributed by atoms with van der Waals surface area (Å²) in [6.45, 7) is 2.73. The zero-order valence-corrected chi connectivity index (χ0v) is 15.4. The van der Waals surface area contributed by atoms with Crippen molar-refractivity contribution in [3.63, 3.8) is 0 Å². The van der Waals surface area contributed by atoms with E-state index in [9.17, 15) is 5.11 Å². The van der Waals surface area contributed by atoms with Crippen LogP contribution >= 0.6 is 43.5 Å². The Bertz CT molecular complexity index is 611.